The van der Waals surface area contributed by atoms with Gasteiger partial charge in [-0.3, -0.25) is 0 Å². The van der Waals surface area contributed by atoms with Gasteiger partial charge in [0.2, 0.25) is 5.13 Å². The largest absolute Gasteiger partial charge is 0.374 e. The Morgan fingerprint density at radius 2 is 2.00 bits per heavy atom. The van der Waals surface area contributed by atoms with Crippen LogP contribution in [0.5, 0.6) is 0 Å². The lowest BCUT2D eigenvalue weighted by molar-refractivity contribution is 1.11. The summed E-state index contributed by atoms with van der Waals surface area (Å²) in [6.45, 7) is 4.20. The van der Waals surface area contributed by atoms with Crippen molar-refractivity contribution in [1.82, 2.24) is 10.2 Å². The Hall–Kier alpha value is -0.940. The van der Waals surface area contributed by atoms with E-state index in [0.717, 1.165) is 9.88 Å². The van der Waals surface area contributed by atoms with Gasteiger partial charge in [0, 0.05) is 4.88 Å². The molecule has 0 spiro atoms. The zero-order chi connectivity index (χ0) is 9.42. The standard InChI is InChI=1S/C8H9N3S2/c1-4-3-6(12-5(4)2)7-10-11-8(9)13-7/h3H,1-2H3,(H2,9,11). The number of nitrogen functional groups attached to an aromatic ring is 1. The van der Waals surface area contributed by atoms with Crippen LogP contribution in [-0.4, -0.2) is 10.2 Å². The van der Waals surface area contributed by atoms with Crippen molar-refractivity contribution in [3.63, 3.8) is 0 Å². The van der Waals surface area contributed by atoms with Crippen LogP contribution in [0, 0.1) is 13.8 Å². The predicted molar refractivity (Wildman–Crippen MR) is 57.1 cm³/mol. The molecule has 5 heteroatoms. The number of nitrogens with two attached hydrogens (primary N) is 1. The van der Waals surface area contributed by atoms with E-state index in [1.54, 1.807) is 11.3 Å². The molecule has 2 aromatic rings. The van der Waals surface area contributed by atoms with E-state index in [9.17, 15) is 0 Å². The Morgan fingerprint density at radius 1 is 1.23 bits per heavy atom. The van der Waals surface area contributed by atoms with E-state index in [4.69, 9.17) is 5.73 Å². The molecule has 0 saturated carbocycles. The van der Waals surface area contributed by atoms with Crippen molar-refractivity contribution in [2.24, 2.45) is 0 Å². The lowest BCUT2D eigenvalue weighted by Gasteiger charge is -1.83. The highest BCUT2D eigenvalue weighted by molar-refractivity contribution is 7.23. The van der Waals surface area contributed by atoms with Gasteiger partial charge < -0.3 is 5.73 Å². The summed E-state index contributed by atoms with van der Waals surface area (Å²) in [4.78, 5) is 2.48. The Balaban J connectivity index is 2.46. The molecule has 0 radical (unpaired) electrons. The molecular weight excluding hydrogens is 202 g/mol. The summed E-state index contributed by atoms with van der Waals surface area (Å²) in [6.07, 6.45) is 0. The number of aromatic nitrogens is 2. The van der Waals surface area contributed by atoms with Gasteiger partial charge in [0.05, 0.1) is 4.88 Å². The lowest BCUT2D eigenvalue weighted by atomic mass is 10.3. The summed E-state index contributed by atoms with van der Waals surface area (Å²) < 4.78 is 0. The number of thiophene rings is 1. The first-order valence-electron chi connectivity index (χ1n) is 3.83. The Bertz CT molecular complexity index is 411. The van der Waals surface area contributed by atoms with Gasteiger partial charge in [-0.05, 0) is 25.5 Å². The van der Waals surface area contributed by atoms with Crippen LogP contribution in [0.4, 0.5) is 5.13 Å². The Morgan fingerprint density at radius 3 is 2.46 bits per heavy atom. The molecule has 3 nitrogen and oxygen atoms in total. The van der Waals surface area contributed by atoms with E-state index >= 15 is 0 Å². The number of hydrogen-bond acceptors (Lipinski definition) is 5. The van der Waals surface area contributed by atoms with Gasteiger partial charge in [0.15, 0.2) is 5.01 Å². The quantitative estimate of drug-likeness (QED) is 0.788. The molecule has 0 aliphatic heterocycles. The molecule has 2 rings (SSSR count). The monoisotopic (exact) mass is 211 g/mol. The number of rotatable bonds is 1. The van der Waals surface area contributed by atoms with E-state index in [1.165, 1.54) is 21.8 Å². The summed E-state index contributed by atoms with van der Waals surface area (Å²) in [5, 5.41) is 9.22. The van der Waals surface area contributed by atoms with Crippen LogP contribution in [0.25, 0.3) is 9.88 Å². The number of anilines is 1. The van der Waals surface area contributed by atoms with E-state index in [-0.39, 0.29) is 0 Å². The third kappa shape index (κ3) is 1.57. The first-order valence-corrected chi connectivity index (χ1v) is 5.46. The molecule has 2 aromatic heterocycles. The highest BCUT2D eigenvalue weighted by atomic mass is 32.1. The Labute approximate surface area is 84.2 Å². The second kappa shape index (κ2) is 3.08. The minimum atomic E-state index is 0.527. The van der Waals surface area contributed by atoms with Crippen molar-refractivity contribution in [3.05, 3.63) is 16.5 Å². The van der Waals surface area contributed by atoms with Gasteiger partial charge in [-0.1, -0.05) is 11.3 Å². The van der Waals surface area contributed by atoms with E-state index in [2.05, 4.69) is 30.1 Å². The van der Waals surface area contributed by atoms with Crippen LogP contribution in [0.15, 0.2) is 6.07 Å². The van der Waals surface area contributed by atoms with Gasteiger partial charge in [-0.2, -0.15) is 0 Å². The molecule has 0 atom stereocenters. The highest BCUT2D eigenvalue weighted by Gasteiger charge is 2.08. The molecule has 68 valence electrons. The molecule has 0 aliphatic carbocycles. The second-order valence-electron chi connectivity index (χ2n) is 2.80. The fraction of sp³-hybridized carbons (Fsp3) is 0.250. The molecule has 0 amide bonds. The fourth-order valence-electron chi connectivity index (χ4n) is 1.01. The molecular formula is C8H9N3S2. The average Bonchev–Trinajstić information content (AvgIpc) is 2.61. The summed E-state index contributed by atoms with van der Waals surface area (Å²) >= 11 is 3.16. The zero-order valence-corrected chi connectivity index (χ0v) is 9.00. The predicted octanol–water partition coefficient (Wildman–Crippen LogP) is 2.47. The van der Waals surface area contributed by atoms with Crippen LogP contribution in [0.1, 0.15) is 10.4 Å². The molecule has 2 heterocycles. The van der Waals surface area contributed by atoms with Crippen LogP contribution in [0.3, 0.4) is 0 Å². The molecule has 0 saturated heterocycles. The van der Waals surface area contributed by atoms with E-state index < -0.39 is 0 Å². The van der Waals surface area contributed by atoms with Crippen molar-refractivity contribution in [1.29, 1.82) is 0 Å². The van der Waals surface area contributed by atoms with Crippen LogP contribution < -0.4 is 5.73 Å². The van der Waals surface area contributed by atoms with E-state index in [1.807, 2.05) is 0 Å². The fourth-order valence-corrected chi connectivity index (χ4v) is 2.70. The summed E-state index contributed by atoms with van der Waals surface area (Å²) in [6, 6.07) is 2.12. The van der Waals surface area contributed by atoms with Gasteiger partial charge >= 0.3 is 0 Å². The highest BCUT2D eigenvalue weighted by Crippen LogP contribution is 2.32. The molecule has 0 unspecified atom stereocenters. The SMILES string of the molecule is Cc1cc(-c2nnc(N)s2)sc1C. The van der Waals surface area contributed by atoms with Gasteiger partial charge in [-0.25, -0.2) is 0 Å². The smallest absolute Gasteiger partial charge is 0.203 e. The van der Waals surface area contributed by atoms with Crippen molar-refractivity contribution >= 4 is 27.8 Å². The lowest BCUT2D eigenvalue weighted by Crippen LogP contribution is -1.79. The van der Waals surface area contributed by atoms with Gasteiger partial charge in [0.25, 0.3) is 0 Å². The third-order valence-electron chi connectivity index (χ3n) is 1.82. The average molecular weight is 211 g/mol. The van der Waals surface area contributed by atoms with Crippen molar-refractivity contribution in [2.75, 3.05) is 5.73 Å². The normalized spacial score (nSPS) is 10.6. The van der Waals surface area contributed by atoms with Crippen LogP contribution >= 0.6 is 22.7 Å². The molecule has 0 aliphatic rings. The molecule has 0 bridgehead atoms. The van der Waals surface area contributed by atoms with Crippen molar-refractivity contribution in [2.45, 2.75) is 13.8 Å². The Kier molecular flexibility index (Phi) is 2.05. The zero-order valence-electron chi connectivity index (χ0n) is 7.37. The summed E-state index contributed by atoms with van der Waals surface area (Å²) in [5.41, 5.74) is 6.81. The molecule has 13 heavy (non-hydrogen) atoms. The summed E-state index contributed by atoms with van der Waals surface area (Å²) in [7, 11) is 0. The molecule has 2 N–H and O–H groups in total. The minimum absolute atomic E-state index is 0.527. The van der Waals surface area contributed by atoms with Gasteiger partial charge in [0.1, 0.15) is 0 Å². The first kappa shape index (κ1) is 8.65. The maximum atomic E-state index is 5.51. The van der Waals surface area contributed by atoms with Gasteiger partial charge in [-0.15, -0.1) is 21.5 Å². The summed E-state index contributed by atoms with van der Waals surface area (Å²) in [5.74, 6) is 0. The van der Waals surface area contributed by atoms with Crippen LogP contribution in [-0.2, 0) is 0 Å². The minimum Gasteiger partial charge on any atom is -0.374 e. The van der Waals surface area contributed by atoms with Crippen molar-refractivity contribution < 1.29 is 0 Å². The maximum absolute atomic E-state index is 5.51. The maximum Gasteiger partial charge on any atom is 0.203 e. The molecule has 0 fully saturated rings. The van der Waals surface area contributed by atoms with Crippen LogP contribution in [0.2, 0.25) is 0 Å². The molecule has 0 aromatic carbocycles. The number of aryl methyl sites for hydroxylation is 2. The van der Waals surface area contributed by atoms with Crippen molar-refractivity contribution in [3.8, 4) is 9.88 Å². The second-order valence-corrected chi connectivity index (χ2v) is 5.06. The first-order chi connectivity index (χ1) is 6.16. The van der Waals surface area contributed by atoms with E-state index in [0.29, 0.717) is 5.13 Å². The third-order valence-corrected chi connectivity index (χ3v) is 3.89. The number of hydrogen-bond donors (Lipinski definition) is 1. The topological polar surface area (TPSA) is 51.8 Å². The number of nitrogens with zero attached hydrogens (tertiary/aromatic N) is 2.